The monoisotopic (exact) mass is 509 g/mol. The van der Waals surface area contributed by atoms with Crippen LogP contribution in [0.3, 0.4) is 0 Å². The number of imide groups is 1. The number of amides is 2. The van der Waals surface area contributed by atoms with Crippen LogP contribution in [0.1, 0.15) is 22.8 Å². The van der Waals surface area contributed by atoms with E-state index in [1.807, 2.05) is 0 Å². The molecule has 2 aromatic rings. The molecule has 0 radical (unpaired) electrons. The van der Waals surface area contributed by atoms with Crippen LogP contribution >= 0.6 is 35.0 Å². The number of carbonyl (C=O) groups is 4. The molecule has 33 heavy (non-hydrogen) atoms. The summed E-state index contributed by atoms with van der Waals surface area (Å²) in [5.41, 5.74) is 0.377. The third kappa shape index (κ3) is 5.68. The van der Waals surface area contributed by atoms with E-state index in [1.165, 1.54) is 31.4 Å². The molecule has 0 aliphatic carbocycles. The van der Waals surface area contributed by atoms with Gasteiger partial charge in [-0.25, -0.2) is 4.79 Å². The SMILES string of the molecule is CCOC(=O)CN1C(=O)S/C(=C\c2cccc(OC)c2OC(=O)c2ccc(Cl)cc2Cl)C1=O. The molecule has 3 rings (SSSR count). The molecule has 0 aromatic heterocycles. The van der Waals surface area contributed by atoms with Gasteiger partial charge in [0.2, 0.25) is 0 Å². The normalized spacial score (nSPS) is 14.5. The maximum absolute atomic E-state index is 12.7. The number of hydrogen-bond donors (Lipinski definition) is 0. The number of esters is 2. The number of rotatable bonds is 7. The van der Waals surface area contributed by atoms with Gasteiger partial charge in [-0.3, -0.25) is 19.3 Å². The van der Waals surface area contributed by atoms with Crippen LogP contribution in [0.2, 0.25) is 10.0 Å². The van der Waals surface area contributed by atoms with Crippen molar-refractivity contribution in [1.82, 2.24) is 4.90 Å². The molecular formula is C22H17Cl2NO7S. The number of ether oxygens (including phenoxy) is 3. The van der Waals surface area contributed by atoms with Gasteiger partial charge in [-0.15, -0.1) is 0 Å². The molecule has 0 atom stereocenters. The molecule has 1 aliphatic heterocycles. The lowest BCUT2D eigenvalue weighted by Gasteiger charge is -2.13. The van der Waals surface area contributed by atoms with Crippen molar-refractivity contribution in [2.75, 3.05) is 20.3 Å². The zero-order valence-corrected chi connectivity index (χ0v) is 19.8. The van der Waals surface area contributed by atoms with Crippen LogP contribution in [-0.4, -0.2) is 48.2 Å². The van der Waals surface area contributed by atoms with Crippen LogP contribution in [0.4, 0.5) is 4.79 Å². The van der Waals surface area contributed by atoms with Gasteiger partial charge in [0, 0.05) is 10.6 Å². The van der Waals surface area contributed by atoms with E-state index in [0.717, 1.165) is 4.90 Å². The molecular weight excluding hydrogens is 493 g/mol. The van der Waals surface area contributed by atoms with E-state index >= 15 is 0 Å². The largest absolute Gasteiger partial charge is 0.493 e. The second kappa shape index (κ2) is 10.7. The van der Waals surface area contributed by atoms with Crippen LogP contribution in [0.15, 0.2) is 41.3 Å². The molecule has 0 N–H and O–H groups in total. The van der Waals surface area contributed by atoms with Crippen molar-refractivity contribution in [2.24, 2.45) is 0 Å². The van der Waals surface area contributed by atoms with Crippen LogP contribution < -0.4 is 9.47 Å². The Morgan fingerprint density at radius 1 is 1.15 bits per heavy atom. The molecule has 11 heteroatoms. The third-order valence-corrected chi connectivity index (χ3v) is 5.78. The minimum absolute atomic E-state index is 0.0215. The van der Waals surface area contributed by atoms with Crippen LogP contribution in [-0.2, 0) is 14.3 Å². The Morgan fingerprint density at radius 3 is 2.58 bits per heavy atom. The first-order valence-corrected chi connectivity index (χ1v) is 11.1. The average molecular weight is 510 g/mol. The lowest BCUT2D eigenvalue weighted by molar-refractivity contribution is -0.145. The van der Waals surface area contributed by atoms with E-state index in [9.17, 15) is 19.2 Å². The Balaban J connectivity index is 1.92. The molecule has 172 valence electrons. The number of halogens is 2. The molecule has 0 unspecified atom stereocenters. The van der Waals surface area contributed by atoms with Gasteiger partial charge in [0.05, 0.1) is 29.2 Å². The smallest absolute Gasteiger partial charge is 0.345 e. The Hall–Kier alpha value is -3.01. The van der Waals surface area contributed by atoms with Crippen molar-refractivity contribution in [3.8, 4) is 11.5 Å². The first-order valence-electron chi connectivity index (χ1n) is 9.50. The topological polar surface area (TPSA) is 99.2 Å². The quantitative estimate of drug-likeness (QED) is 0.297. The Morgan fingerprint density at radius 2 is 1.91 bits per heavy atom. The second-order valence-corrected chi connectivity index (χ2v) is 8.30. The molecule has 0 spiro atoms. The van der Waals surface area contributed by atoms with Gasteiger partial charge >= 0.3 is 11.9 Å². The maximum atomic E-state index is 12.7. The fraction of sp³-hybridized carbons (Fsp3) is 0.182. The van der Waals surface area contributed by atoms with Crippen molar-refractivity contribution in [2.45, 2.75) is 6.92 Å². The van der Waals surface area contributed by atoms with E-state index in [2.05, 4.69) is 0 Å². The Bertz CT molecular complexity index is 1170. The number of benzene rings is 2. The molecule has 1 saturated heterocycles. The van der Waals surface area contributed by atoms with E-state index in [0.29, 0.717) is 22.3 Å². The molecule has 0 saturated carbocycles. The molecule has 2 aromatic carbocycles. The standard InChI is InChI=1S/C22H17Cl2NO7S/c1-3-31-18(26)11-25-20(27)17(33-22(25)29)9-12-5-4-6-16(30-2)19(12)32-21(28)14-8-7-13(23)10-15(14)24/h4-10H,3,11H2,1-2H3/b17-9-. The summed E-state index contributed by atoms with van der Waals surface area (Å²) in [4.78, 5) is 50.2. The summed E-state index contributed by atoms with van der Waals surface area (Å²) >= 11 is 12.6. The van der Waals surface area contributed by atoms with Crippen LogP contribution in [0, 0.1) is 0 Å². The highest BCUT2D eigenvalue weighted by Gasteiger charge is 2.37. The van der Waals surface area contributed by atoms with Crippen molar-refractivity contribution < 1.29 is 33.4 Å². The maximum Gasteiger partial charge on any atom is 0.345 e. The van der Waals surface area contributed by atoms with Crippen molar-refractivity contribution in [3.05, 3.63) is 62.5 Å². The molecule has 8 nitrogen and oxygen atoms in total. The highest BCUT2D eigenvalue weighted by Crippen LogP contribution is 2.38. The van der Waals surface area contributed by atoms with Gasteiger partial charge in [-0.1, -0.05) is 35.3 Å². The van der Waals surface area contributed by atoms with Gasteiger partial charge < -0.3 is 14.2 Å². The van der Waals surface area contributed by atoms with Gasteiger partial charge in [0.25, 0.3) is 11.1 Å². The van der Waals surface area contributed by atoms with E-state index in [4.69, 9.17) is 37.4 Å². The van der Waals surface area contributed by atoms with E-state index in [-0.39, 0.29) is 33.6 Å². The lowest BCUT2D eigenvalue weighted by atomic mass is 10.1. The summed E-state index contributed by atoms with van der Waals surface area (Å²) in [5, 5.41) is -0.161. The first-order chi connectivity index (χ1) is 15.7. The summed E-state index contributed by atoms with van der Waals surface area (Å²) in [5.74, 6) is -1.90. The zero-order chi connectivity index (χ0) is 24.1. The van der Waals surface area contributed by atoms with Crippen molar-refractivity contribution in [1.29, 1.82) is 0 Å². The van der Waals surface area contributed by atoms with Crippen molar-refractivity contribution >= 4 is 64.1 Å². The highest BCUT2D eigenvalue weighted by molar-refractivity contribution is 8.18. The summed E-state index contributed by atoms with van der Waals surface area (Å²) < 4.78 is 15.6. The van der Waals surface area contributed by atoms with Gasteiger partial charge in [-0.2, -0.15) is 0 Å². The molecule has 1 aliphatic rings. The third-order valence-electron chi connectivity index (χ3n) is 4.33. The molecule has 0 bridgehead atoms. The Labute approximate surface area is 203 Å². The zero-order valence-electron chi connectivity index (χ0n) is 17.4. The van der Waals surface area contributed by atoms with Gasteiger partial charge in [0.15, 0.2) is 11.5 Å². The first kappa shape index (κ1) is 24.6. The number of hydrogen-bond acceptors (Lipinski definition) is 8. The number of para-hydroxylation sites is 1. The van der Waals surface area contributed by atoms with Gasteiger partial charge in [0.1, 0.15) is 6.54 Å². The van der Waals surface area contributed by atoms with Crippen molar-refractivity contribution in [3.63, 3.8) is 0 Å². The summed E-state index contributed by atoms with van der Waals surface area (Å²) in [6, 6.07) is 9.09. The van der Waals surface area contributed by atoms with E-state index < -0.39 is 29.6 Å². The number of carbonyl (C=O) groups excluding carboxylic acids is 4. The fourth-order valence-electron chi connectivity index (χ4n) is 2.83. The number of nitrogens with zero attached hydrogens (tertiary/aromatic N) is 1. The molecule has 2 amide bonds. The summed E-state index contributed by atoms with van der Waals surface area (Å²) in [6.07, 6.45) is 1.38. The highest BCUT2D eigenvalue weighted by atomic mass is 35.5. The van der Waals surface area contributed by atoms with E-state index in [1.54, 1.807) is 25.1 Å². The fourth-order valence-corrected chi connectivity index (χ4v) is 4.15. The molecule has 1 fully saturated rings. The predicted octanol–water partition coefficient (Wildman–Crippen LogP) is 4.82. The summed E-state index contributed by atoms with van der Waals surface area (Å²) in [7, 11) is 1.39. The average Bonchev–Trinajstić information content (AvgIpc) is 3.02. The lowest BCUT2D eigenvalue weighted by Crippen LogP contribution is -2.34. The summed E-state index contributed by atoms with van der Waals surface area (Å²) in [6.45, 7) is 1.25. The van der Waals surface area contributed by atoms with Crippen LogP contribution in [0.25, 0.3) is 6.08 Å². The minimum Gasteiger partial charge on any atom is -0.493 e. The predicted molar refractivity (Wildman–Crippen MR) is 124 cm³/mol. The Kier molecular flexibility index (Phi) is 8.01. The second-order valence-electron chi connectivity index (χ2n) is 6.47. The van der Waals surface area contributed by atoms with Gasteiger partial charge in [-0.05, 0) is 49.0 Å². The molecule has 1 heterocycles. The minimum atomic E-state index is -0.772. The number of methoxy groups -OCH3 is 1. The number of thioether (sulfide) groups is 1. The van der Waals surface area contributed by atoms with Crippen LogP contribution in [0.5, 0.6) is 11.5 Å².